The summed E-state index contributed by atoms with van der Waals surface area (Å²) in [5.41, 5.74) is 0.835. The first-order chi connectivity index (χ1) is 5.69. The predicted molar refractivity (Wildman–Crippen MR) is 43.1 cm³/mol. The number of benzene rings is 1. The molecule has 0 amide bonds. The topological polar surface area (TPSA) is 26.3 Å². The number of halogens is 1. The molecule has 0 aliphatic carbocycles. The third-order valence-corrected chi connectivity index (χ3v) is 1.60. The zero-order valence-electron chi connectivity index (χ0n) is 6.93. The monoisotopic (exact) mass is 168 g/mol. The van der Waals surface area contributed by atoms with Crippen LogP contribution in [0, 0.1) is 12.7 Å². The van der Waals surface area contributed by atoms with Crippen LogP contribution in [0.1, 0.15) is 15.9 Å². The van der Waals surface area contributed by atoms with Gasteiger partial charge in [-0.15, -0.1) is 0 Å². The van der Waals surface area contributed by atoms with Gasteiger partial charge in [0.05, 0.1) is 7.11 Å². The Hall–Kier alpha value is -1.38. The molecule has 0 bridgehead atoms. The first kappa shape index (κ1) is 8.71. The van der Waals surface area contributed by atoms with E-state index in [0.29, 0.717) is 17.4 Å². The number of hydrogen-bond donors (Lipinski definition) is 0. The van der Waals surface area contributed by atoms with Crippen molar-refractivity contribution in [1.82, 2.24) is 0 Å². The molecule has 0 aliphatic heterocycles. The molecule has 0 aliphatic rings. The van der Waals surface area contributed by atoms with E-state index < -0.39 is 5.82 Å². The molecule has 2 nitrogen and oxygen atoms in total. The van der Waals surface area contributed by atoms with Crippen LogP contribution in [0.3, 0.4) is 0 Å². The first-order valence-electron chi connectivity index (χ1n) is 3.48. The molecule has 3 heteroatoms. The van der Waals surface area contributed by atoms with Crippen LogP contribution < -0.4 is 4.74 Å². The van der Waals surface area contributed by atoms with Crippen molar-refractivity contribution in [3.63, 3.8) is 0 Å². The van der Waals surface area contributed by atoms with Crippen LogP contribution >= 0.6 is 0 Å². The summed E-state index contributed by atoms with van der Waals surface area (Å²) in [7, 11) is 1.37. The van der Waals surface area contributed by atoms with Crippen molar-refractivity contribution in [2.24, 2.45) is 0 Å². The number of ether oxygens (including phenoxy) is 1. The van der Waals surface area contributed by atoms with Crippen molar-refractivity contribution in [2.75, 3.05) is 7.11 Å². The van der Waals surface area contributed by atoms with Gasteiger partial charge in [-0.2, -0.15) is 0 Å². The molecule has 0 atom stereocenters. The Balaban J connectivity index is 3.28. The van der Waals surface area contributed by atoms with Crippen molar-refractivity contribution in [2.45, 2.75) is 6.92 Å². The van der Waals surface area contributed by atoms with E-state index in [1.54, 1.807) is 6.92 Å². The van der Waals surface area contributed by atoms with E-state index in [1.807, 2.05) is 0 Å². The number of aldehydes is 1. The molecule has 12 heavy (non-hydrogen) atoms. The van der Waals surface area contributed by atoms with E-state index in [9.17, 15) is 9.18 Å². The Morgan fingerprint density at radius 2 is 2.17 bits per heavy atom. The average Bonchev–Trinajstić information content (AvgIpc) is 2.09. The summed E-state index contributed by atoms with van der Waals surface area (Å²) in [6.07, 6.45) is 0.662. The molecule has 0 radical (unpaired) electrons. The minimum atomic E-state index is -0.414. The van der Waals surface area contributed by atoms with E-state index in [2.05, 4.69) is 0 Å². The van der Waals surface area contributed by atoms with Crippen LogP contribution in [0.4, 0.5) is 4.39 Å². The van der Waals surface area contributed by atoms with Crippen LogP contribution in [0.25, 0.3) is 0 Å². The maximum absolute atomic E-state index is 13.1. The van der Waals surface area contributed by atoms with Crippen LogP contribution in [0.5, 0.6) is 5.75 Å². The van der Waals surface area contributed by atoms with Crippen LogP contribution in [-0.4, -0.2) is 13.4 Å². The van der Waals surface area contributed by atoms with Crippen LogP contribution in [-0.2, 0) is 0 Å². The molecule has 1 rings (SSSR count). The van der Waals surface area contributed by atoms with Crippen molar-refractivity contribution in [1.29, 1.82) is 0 Å². The van der Waals surface area contributed by atoms with Crippen molar-refractivity contribution in [3.05, 3.63) is 29.1 Å². The molecular weight excluding hydrogens is 159 g/mol. The highest BCUT2D eigenvalue weighted by atomic mass is 19.1. The van der Waals surface area contributed by atoms with Gasteiger partial charge in [0, 0.05) is 5.56 Å². The standard InChI is InChI=1S/C9H9FO2/c1-6-3-7(5-11)4-8(12-2)9(6)10/h3-5H,1-2H3. The van der Waals surface area contributed by atoms with E-state index in [-0.39, 0.29) is 5.75 Å². The molecule has 0 spiro atoms. The average molecular weight is 168 g/mol. The van der Waals surface area contributed by atoms with Crippen molar-refractivity contribution in [3.8, 4) is 5.75 Å². The van der Waals surface area contributed by atoms with E-state index in [0.717, 1.165) is 0 Å². The zero-order chi connectivity index (χ0) is 9.14. The van der Waals surface area contributed by atoms with Gasteiger partial charge in [0.2, 0.25) is 0 Å². The highest BCUT2D eigenvalue weighted by molar-refractivity contribution is 5.76. The van der Waals surface area contributed by atoms with Gasteiger partial charge in [-0.25, -0.2) is 4.39 Å². The second-order valence-corrected chi connectivity index (χ2v) is 2.47. The lowest BCUT2D eigenvalue weighted by molar-refractivity contribution is 0.112. The van der Waals surface area contributed by atoms with E-state index in [1.165, 1.54) is 19.2 Å². The summed E-state index contributed by atoms with van der Waals surface area (Å²) in [5, 5.41) is 0. The molecule has 0 saturated heterocycles. The summed E-state index contributed by atoms with van der Waals surface area (Å²) in [4.78, 5) is 10.4. The predicted octanol–water partition coefficient (Wildman–Crippen LogP) is 1.96. The Morgan fingerprint density at radius 3 is 2.67 bits per heavy atom. The summed E-state index contributed by atoms with van der Waals surface area (Å²) < 4.78 is 17.8. The highest BCUT2D eigenvalue weighted by Crippen LogP contribution is 2.21. The molecule has 0 N–H and O–H groups in total. The number of rotatable bonds is 2. The number of methoxy groups -OCH3 is 1. The molecule has 0 fully saturated rings. The fourth-order valence-corrected chi connectivity index (χ4v) is 0.981. The lowest BCUT2D eigenvalue weighted by Crippen LogP contribution is -1.93. The summed E-state index contributed by atoms with van der Waals surface area (Å²) >= 11 is 0. The van der Waals surface area contributed by atoms with Gasteiger partial charge in [0.25, 0.3) is 0 Å². The second-order valence-electron chi connectivity index (χ2n) is 2.47. The van der Waals surface area contributed by atoms with E-state index in [4.69, 9.17) is 4.74 Å². The van der Waals surface area contributed by atoms with Crippen LogP contribution in [0.15, 0.2) is 12.1 Å². The first-order valence-corrected chi connectivity index (χ1v) is 3.48. The van der Waals surface area contributed by atoms with Crippen molar-refractivity contribution < 1.29 is 13.9 Å². The summed E-state index contributed by atoms with van der Waals surface area (Å²) in [6.45, 7) is 1.59. The Labute approximate surface area is 70.0 Å². The fraction of sp³-hybridized carbons (Fsp3) is 0.222. The van der Waals surface area contributed by atoms with Crippen molar-refractivity contribution >= 4 is 6.29 Å². The van der Waals surface area contributed by atoms with Crippen LogP contribution in [0.2, 0.25) is 0 Å². The van der Waals surface area contributed by atoms with Gasteiger partial charge < -0.3 is 4.74 Å². The number of hydrogen-bond acceptors (Lipinski definition) is 2. The highest BCUT2D eigenvalue weighted by Gasteiger charge is 2.06. The second kappa shape index (κ2) is 3.34. The maximum atomic E-state index is 13.1. The lowest BCUT2D eigenvalue weighted by atomic mass is 10.1. The normalized spacial score (nSPS) is 9.58. The maximum Gasteiger partial charge on any atom is 0.167 e. The molecule has 0 saturated carbocycles. The summed E-state index contributed by atoms with van der Waals surface area (Å²) in [5.74, 6) is -0.305. The van der Waals surface area contributed by atoms with Gasteiger partial charge in [0.1, 0.15) is 6.29 Å². The Bertz CT molecular complexity index is 308. The van der Waals surface area contributed by atoms with Gasteiger partial charge >= 0.3 is 0 Å². The number of carbonyl (C=O) groups excluding carboxylic acids is 1. The molecule has 1 aromatic rings. The van der Waals surface area contributed by atoms with Gasteiger partial charge in [-0.3, -0.25) is 4.79 Å². The smallest absolute Gasteiger partial charge is 0.167 e. The largest absolute Gasteiger partial charge is 0.494 e. The van der Waals surface area contributed by atoms with Gasteiger partial charge in [-0.1, -0.05) is 0 Å². The number of aryl methyl sites for hydroxylation is 1. The quantitative estimate of drug-likeness (QED) is 0.631. The zero-order valence-corrected chi connectivity index (χ0v) is 6.93. The molecule has 64 valence electrons. The van der Waals surface area contributed by atoms with Gasteiger partial charge in [-0.05, 0) is 24.6 Å². The SMILES string of the molecule is COc1cc(C=O)cc(C)c1F. The van der Waals surface area contributed by atoms with E-state index >= 15 is 0 Å². The third kappa shape index (κ3) is 1.44. The molecule has 0 heterocycles. The summed E-state index contributed by atoms with van der Waals surface area (Å²) in [6, 6.07) is 2.85. The number of carbonyl (C=O) groups is 1. The molecule has 0 unspecified atom stereocenters. The minimum Gasteiger partial charge on any atom is -0.494 e. The molecule has 1 aromatic carbocycles. The molecular formula is C9H9FO2. The fourth-order valence-electron chi connectivity index (χ4n) is 0.981. The Kier molecular flexibility index (Phi) is 2.43. The lowest BCUT2D eigenvalue weighted by Gasteiger charge is -2.04. The molecule has 0 aromatic heterocycles. The minimum absolute atomic E-state index is 0.108. The Morgan fingerprint density at radius 1 is 1.50 bits per heavy atom. The third-order valence-electron chi connectivity index (χ3n) is 1.60. The van der Waals surface area contributed by atoms with Gasteiger partial charge in [0.15, 0.2) is 11.6 Å².